The van der Waals surface area contributed by atoms with Gasteiger partial charge in [0, 0.05) is 35.5 Å². The smallest absolute Gasteiger partial charge is 0.257 e. The highest BCUT2D eigenvalue weighted by atomic mass is 16.5. The molecule has 0 aliphatic heterocycles. The summed E-state index contributed by atoms with van der Waals surface area (Å²) in [5, 5.41) is 6.13. The quantitative estimate of drug-likeness (QED) is 0.743. The van der Waals surface area contributed by atoms with E-state index in [4.69, 9.17) is 4.74 Å². The Morgan fingerprint density at radius 3 is 2.46 bits per heavy atom. The number of ether oxygens (including phenoxy) is 1. The number of aromatic nitrogens is 1. The summed E-state index contributed by atoms with van der Waals surface area (Å²) in [5.41, 5.74) is 3.10. The van der Waals surface area contributed by atoms with E-state index in [-0.39, 0.29) is 5.91 Å². The predicted octanol–water partition coefficient (Wildman–Crippen LogP) is 4.09. The maximum atomic E-state index is 12.1. The highest BCUT2D eigenvalue weighted by molar-refractivity contribution is 6.04. The fourth-order valence-corrected chi connectivity index (χ4v) is 2.20. The van der Waals surface area contributed by atoms with Gasteiger partial charge in [0.25, 0.3) is 5.91 Å². The number of pyridine rings is 1. The van der Waals surface area contributed by atoms with E-state index in [9.17, 15) is 4.79 Å². The first-order valence-electron chi connectivity index (χ1n) is 7.47. The number of carbonyl (C=O) groups excluding carboxylic acids is 1. The highest BCUT2D eigenvalue weighted by Crippen LogP contribution is 2.22. The van der Waals surface area contributed by atoms with Gasteiger partial charge in [-0.2, -0.15) is 0 Å². The molecule has 3 rings (SSSR count). The van der Waals surface area contributed by atoms with Crippen LogP contribution in [0.3, 0.4) is 0 Å². The van der Waals surface area contributed by atoms with E-state index >= 15 is 0 Å². The van der Waals surface area contributed by atoms with Gasteiger partial charge in [0.1, 0.15) is 5.75 Å². The summed E-state index contributed by atoms with van der Waals surface area (Å²) >= 11 is 0. The average Bonchev–Trinajstić information content (AvgIpc) is 2.64. The lowest BCUT2D eigenvalue weighted by Gasteiger charge is -2.09. The number of methoxy groups -OCH3 is 1. The minimum atomic E-state index is -0.184. The monoisotopic (exact) mass is 319 g/mol. The Balaban J connectivity index is 1.66. The highest BCUT2D eigenvalue weighted by Gasteiger charge is 2.05. The molecule has 5 heteroatoms. The number of hydrogen-bond donors (Lipinski definition) is 2. The van der Waals surface area contributed by atoms with E-state index in [0.29, 0.717) is 5.56 Å². The van der Waals surface area contributed by atoms with Gasteiger partial charge in [-0.05, 0) is 48.5 Å². The van der Waals surface area contributed by atoms with Crippen LogP contribution < -0.4 is 15.4 Å². The molecule has 1 aromatic heterocycles. The van der Waals surface area contributed by atoms with E-state index in [2.05, 4.69) is 15.6 Å². The van der Waals surface area contributed by atoms with Gasteiger partial charge < -0.3 is 15.4 Å². The fraction of sp³-hybridized carbons (Fsp3) is 0.0526. The molecule has 0 unspecified atom stereocenters. The second-order valence-electron chi connectivity index (χ2n) is 5.13. The van der Waals surface area contributed by atoms with Crippen molar-refractivity contribution in [2.24, 2.45) is 0 Å². The Bertz CT molecular complexity index is 818. The number of anilines is 3. The Morgan fingerprint density at radius 1 is 0.958 bits per heavy atom. The maximum Gasteiger partial charge on any atom is 0.257 e. The Kier molecular flexibility index (Phi) is 4.72. The molecule has 0 aliphatic rings. The zero-order chi connectivity index (χ0) is 16.8. The minimum absolute atomic E-state index is 0.184. The molecule has 0 radical (unpaired) electrons. The largest absolute Gasteiger partial charge is 0.497 e. The molecular formula is C19H17N3O2. The first kappa shape index (κ1) is 15.6. The van der Waals surface area contributed by atoms with E-state index in [0.717, 1.165) is 22.8 Å². The average molecular weight is 319 g/mol. The molecule has 2 aromatic carbocycles. The van der Waals surface area contributed by atoms with Crippen LogP contribution in [0, 0.1) is 0 Å². The normalized spacial score (nSPS) is 10.0. The Labute approximate surface area is 140 Å². The van der Waals surface area contributed by atoms with Crippen molar-refractivity contribution in [3.05, 3.63) is 78.6 Å². The molecule has 24 heavy (non-hydrogen) atoms. The molecule has 3 aromatic rings. The van der Waals surface area contributed by atoms with Crippen molar-refractivity contribution >= 4 is 23.0 Å². The zero-order valence-electron chi connectivity index (χ0n) is 13.2. The molecule has 1 amide bonds. The van der Waals surface area contributed by atoms with Crippen molar-refractivity contribution in [2.45, 2.75) is 0 Å². The summed E-state index contributed by atoms with van der Waals surface area (Å²) in [7, 11) is 1.64. The van der Waals surface area contributed by atoms with Crippen LogP contribution in [0.25, 0.3) is 0 Å². The van der Waals surface area contributed by atoms with Crippen LogP contribution in [-0.4, -0.2) is 18.0 Å². The van der Waals surface area contributed by atoms with E-state index < -0.39 is 0 Å². The molecule has 0 fully saturated rings. The maximum absolute atomic E-state index is 12.1. The third-order valence-corrected chi connectivity index (χ3v) is 3.42. The van der Waals surface area contributed by atoms with Crippen LogP contribution >= 0.6 is 0 Å². The Hall–Kier alpha value is -3.34. The molecule has 0 spiro atoms. The SMILES string of the molecule is COc1cccc(Nc2ccc(NC(=O)c3cccnc3)cc2)c1. The van der Waals surface area contributed by atoms with Gasteiger partial charge in [-0.15, -0.1) is 0 Å². The van der Waals surface area contributed by atoms with E-state index in [1.54, 1.807) is 25.4 Å². The summed E-state index contributed by atoms with van der Waals surface area (Å²) in [5.74, 6) is 0.608. The topological polar surface area (TPSA) is 63.2 Å². The van der Waals surface area contributed by atoms with Crippen LogP contribution in [0.2, 0.25) is 0 Å². The number of nitrogens with zero attached hydrogens (tertiary/aromatic N) is 1. The first-order valence-corrected chi connectivity index (χ1v) is 7.47. The first-order chi connectivity index (χ1) is 11.7. The van der Waals surface area contributed by atoms with Crippen LogP contribution in [-0.2, 0) is 0 Å². The van der Waals surface area contributed by atoms with Gasteiger partial charge in [-0.25, -0.2) is 0 Å². The van der Waals surface area contributed by atoms with Gasteiger partial charge in [-0.3, -0.25) is 9.78 Å². The van der Waals surface area contributed by atoms with Crippen molar-refractivity contribution < 1.29 is 9.53 Å². The van der Waals surface area contributed by atoms with Crippen molar-refractivity contribution in [1.82, 2.24) is 4.98 Å². The van der Waals surface area contributed by atoms with Crippen LogP contribution in [0.1, 0.15) is 10.4 Å². The number of amides is 1. The predicted molar refractivity (Wildman–Crippen MR) is 94.9 cm³/mol. The van der Waals surface area contributed by atoms with Crippen molar-refractivity contribution in [3.8, 4) is 5.75 Å². The molecule has 5 nitrogen and oxygen atoms in total. The van der Waals surface area contributed by atoms with Crippen LogP contribution in [0.15, 0.2) is 73.1 Å². The number of rotatable bonds is 5. The number of carbonyl (C=O) groups is 1. The van der Waals surface area contributed by atoms with Gasteiger partial charge in [-0.1, -0.05) is 6.07 Å². The summed E-state index contributed by atoms with van der Waals surface area (Å²) in [6.07, 6.45) is 3.17. The molecule has 2 N–H and O–H groups in total. The second kappa shape index (κ2) is 7.28. The van der Waals surface area contributed by atoms with E-state index in [1.807, 2.05) is 48.5 Å². The van der Waals surface area contributed by atoms with Crippen molar-refractivity contribution in [2.75, 3.05) is 17.7 Å². The standard InChI is InChI=1S/C19H17N3O2/c1-24-18-6-2-5-17(12-18)21-15-7-9-16(10-8-15)22-19(23)14-4-3-11-20-13-14/h2-13,21H,1H3,(H,22,23). The summed E-state index contributed by atoms with van der Waals surface area (Å²) in [4.78, 5) is 16.0. The number of hydrogen-bond acceptors (Lipinski definition) is 4. The molecule has 0 bridgehead atoms. The summed E-state index contributed by atoms with van der Waals surface area (Å²) in [6, 6.07) is 18.6. The molecule has 0 atom stereocenters. The van der Waals surface area contributed by atoms with Crippen molar-refractivity contribution in [1.29, 1.82) is 0 Å². The van der Waals surface area contributed by atoms with Gasteiger partial charge in [0.2, 0.25) is 0 Å². The lowest BCUT2D eigenvalue weighted by Crippen LogP contribution is -2.11. The van der Waals surface area contributed by atoms with Crippen molar-refractivity contribution in [3.63, 3.8) is 0 Å². The summed E-state index contributed by atoms with van der Waals surface area (Å²) in [6.45, 7) is 0. The van der Waals surface area contributed by atoms with Gasteiger partial charge in [0.15, 0.2) is 0 Å². The zero-order valence-corrected chi connectivity index (χ0v) is 13.2. The van der Waals surface area contributed by atoms with Crippen LogP contribution in [0.5, 0.6) is 5.75 Å². The minimum Gasteiger partial charge on any atom is -0.497 e. The van der Waals surface area contributed by atoms with Gasteiger partial charge >= 0.3 is 0 Å². The fourth-order valence-electron chi connectivity index (χ4n) is 2.20. The number of benzene rings is 2. The summed E-state index contributed by atoms with van der Waals surface area (Å²) < 4.78 is 5.20. The van der Waals surface area contributed by atoms with Crippen LogP contribution in [0.4, 0.5) is 17.1 Å². The molecule has 0 aliphatic carbocycles. The molecule has 0 saturated carbocycles. The number of nitrogens with one attached hydrogen (secondary N) is 2. The second-order valence-corrected chi connectivity index (χ2v) is 5.13. The molecule has 120 valence electrons. The molecular weight excluding hydrogens is 302 g/mol. The van der Waals surface area contributed by atoms with Gasteiger partial charge in [0.05, 0.1) is 12.7 Å². The third kappa shape index (κ3) is 3.89. The Morgan fingerprint density at radius 2 is 1.75 bits per heavy atom. The lowest BCUT2D eigenvalue weighted by atomic mass is 10.2. The third-order valence-electron chi connectivity index (χ3n) is 3.42. The van der Waals surface area contributed by atoms with E-state index in [1.165, 1.54) is 6.20 Å². The molecule has 0 saturated heterocycles. The lowest BCUT2D eigenvalue weighted by molar-refractivity contribution is 0.102. The molecule has 1 heterocycles.